The Labute approximate surface area is 195 Å². The van der Waals surface area contributed by atoms with Crippen molar-refractivity contribution in [2.75, 3.05) is 20.3 Å². The first-order valence-electron chi connectivity index (χ1n) is 8.52. The van der Waals surface area contributed by atoms with E-state index in [0.717, 1.165) is 10.0 Å². The molecule has 0 unspecified atom stereocenters. The molecule has 3 N–H and O–H groups in total. The van der Waals surface area contributed by atoms with Gasteiger partial charge < -0.3 is 14.2 Å². The van der Waals surface area contributed by atoms with Gasteiger partial charge in [0.1, 0.15) is 17.2 Å². The van der Waals surface area contributed by atoms with Gasteiger partial charge in [-0.2, -0.15) is 0 Å². The number of aryl methyl sites for hydroxylation is 1. The van der Waals surface area contributed by atoms with E-state index in [4.69, 9.17) is 26.4 Å². The zero-order valence-corrected chi connectivity index (χ0v) is 20.1. The van der Waals surface area contributed by atoms with E-state index in [9.17, 15) is 9.59 Å². The fourth-order valence-electron chi connectivity index (χ4n) is 2.19. The molecule has 0 aromatic heterocycles. The maximum atomic E-state index is 12.0. The van der Waals surface area contributed by atoms with Gasteiger partial charge in [0.15, 0.2) is 18.3 Å². The summed E-state index contributed by atoms with van der Waals surface area (Å²) in [6, 6.07) is 10.5. The molecule has 0 heterocycles. The Morgan fingerprint density at radius 3 is 2.23 bits per heavy atom. The molecule has 2 rings (SSSR count). The summed E-state index contributed by atoms with van der Waals surface area (Å²) in [4.78, 5) is 23.8. The number of thiocarbonyl (C=S) groups is 1. The molecule has 0 spiro atoms. The summed E-state index contributed by atoms with van der Waals surface area (Å²) in [6.07, 6.45) is 0. The number of methoxy groups -OCH3 is 1. The first kappa shape index (κ1) is 23.9. The van der Waals surface area contributed by atoms with Crippen molar-refractivity contribution in [3.8, 4) is 17.2 Å². The first-order chi connectivity index (χ1) is 14.3. The van der Waals surface area contributed by atoms with Crippen LogP contribution in [0, 0.1) is 6.92 Å². The number of benzene rings is 2. The van der Waals surface area contributed by atoms with Gasteiger partial charge in [0.25, 0.3) is 11.8 Å². The molecule has 0 aliphatic rings. The van der Waals surface area contributed by atoms with Gasteiger partial charge in [0.05, 0.1) is 11.6 Å². The highest BCUT2D eigenvalue weighted by atomic mass is 79.9. The minimum absolute atomic E-state index is 0.0759. The quantitative estimate of drug-likeness (QED) is 0.354. The molecule has 0 fully saturated rings. The average Bonchev–Trinajstić information content (AvgIpc) is 2.70. The molecule has 2 aromatic carbocycles. The van der Waals surface area contributed by atoms with Crippen molar-refractivity contribution in [2.24, 2.45) is 0 Å². The molecule has 160 valence electrons. The maximum absolute atomic E-state index is 12.0. The summed E-state index contributed by atoms with van der Waals surface area (Å²) in [6.45, 7) is 1.37. The molecule has 0 aliphatic carbocycles. The van der Waals surface area contributed by atoms with Gasteiger partial charge in [0, 0.05) is 4.47 Å². The summed E-state index contributed by atoms with van der Waals surface area (Å²) in [5.41, 5.74) is 5.61. The highest BCUT2D eigenvalue weighted by Gasteiger charge is 2.11. The van der Waals surface area contributed by atoms with Crippen LogP contribution in [-0.4, -0.2) is 37.3 Å². The predicted octanol–water partition coefficient (Wildman–Crippen LogP) is 3.01. The van der Waals surface area contributed by atoms with Crippen LogP contribution in [0.2, 0.25) is 0 Å². The molecule has 0 atom stereocenters. The van der Waals surface area contributed by atoms with Crippen molar-refractivity contribution in [3.63, 3.8) is 0 Å². The van der Waals surface area contributed by atoms with Gasteiger partial charge in [-0.3, -0.25) is 25.8 Å². The third kappa shape index (κ3) is 7.81. The Hall–Kier alpha value is -2.37. The van der Waals surface area contributed by atoms with Crippen LogP contribution in [0.4, 0.5) is 0 Å². The molecular formula is C19H19Br2N3O5S. The van der Waals surface area contributed by atoms with Crippen LogP contribution in [-0.2, 0) is 9.59 Å². The maximum Gasteiger partial charge on any atom is 0.276 e. The van der Waals surface area contributed by atoms with Crippen LogP contribution in [0.5, 0.6) is 17.2 Å². The Morgan fingerprint density at radius 2 is 1.60 bits per heavy atom. The number of rotatable bonds is 7. The standard InChI is InChI=1S/C19H19Br2N3O5S/c1-11-7-12(20)8-15(21)18(11)29-9-16(25)22-19(30)24-23-17(26)10-28-14-5-3-13(27-2)4-6-14/h3-8H,9-10H2,1-2H3,(H,23,26)(H2,22,24,25,30). The van der Waals surface area contributed by atoms with Crippen LogP contribution in [0.15, 0.2) is 45.3 Å². The highest BCUT2D eigenvalue weighted by Crippen LogP contribution is 2.32. The summed E-state index contributed by atoms with van der Waals surface area (Å²) >= 11 is 11.7. The predicted molar refractivity (Wildman–Crippen MR) is 123 cm³/mol. The lowest BCUT2D eigenvalue weighted by atomic mass is 10.2. The lowest BCUT2D eigenvalue weighted by Gasteiger charge is -2.13. The SMILES string of the molecule is COc1ccc(OCC(=O)NNC(=S)NC(=O)COc2c(C)cc(Br)cc2Br)cc1. The second-order valence-electron chi connectivity index (χ2n) is 5.84. The molecule has 0 bridgehead atoms. The Morgan fingerprint density at radius 1 is 0.967 bits per heavy atom. The largest absolute Gasteiger partial charge is 0.497 e. The second kappa shape index (κ2) is 11.7. The van der Waals surface area contributed by atoms with Crippen LogP contribution >= 0.6 is 44.1 Å². The van der Waals surface area contributed by atoms with Crippen molar-refractivity contribution in [3.05, 3.63) is 50.9 Å². The van der Waals surface area contributed by atoms with Crippen LogP contribution in [0.25, 0.3) is 0 Å². The van der Waals surface area contributed by atoms with E-state index in [1.54, 1.807) is 31.4 Å². The molecular weight excluding hydrogens is 542 g/mol. The highest BCUT2D eigenvalue weighted by molar-refractivity contribution is 9.11. The smallest absolute Gasteiger partial charge is 0.276 e. The summed E-state index contributed by atoms with van der Waals surface area (Å²) in [5.74, 6) is 0.782. The topological polar surface area (TPSA) is 97.9 Å². The molecule has 11 heteroatoms. The third-order valence-electron chi connectivity index (χ3n) is 3.54. The summed E-state index contributed by atoms with van der Waals surface area (Å²) in [7, 11) is 1.56. The molecule has 0 radical (unpaired) electrons. The van der Waals surface area contributed by atoms with Crippen molar-refractivity contribution < 1.29 is 23.8 Å². The van der Waals surface area contributed by atoms with Gasteiger partial charge >= 0.3 is 0 Å². The molecule has 0 saturated heterocycles. The van der Waals surface area contributed by atoms with E-state index in [0.29, 0.717) is 21.7 Å². The fourth-order valence-corrected chi connectivity index (χ4v) is 3.91. The van der Waals surface area contributed by atoms with Crippen LogP contribution < -0.4 is 30.4 Å². The second-order valence-corrected chi connectivity index (χ2v) is 8.02. The van der Waals surface area contributed by atoms with E-state index < -0.39 is 11.8 Å². The van der Waals surface area contributed by atoms with E-state index in [1.165, 1.54) is 0 Å². The van der Waals surface area contributed by atoms with Crippen molar-refractivity contribution in [2.45, 2.75) is 6.92 Å². The van der Waals surface area contributed by atoms with E-state index in [1.807, 2.05) is 19.1 Å². The van der Waals surface area contributed by atoms with Crippen molar-refractivity contribution in [1.29, 1.82) is 0 Å². The van der Waals surface area contributed by atoms with Gasteiger partial charge in [-0.15, -0.1) is 0 Å². The number of carbonyl (C=O) groups excluding carboxylic acids is 2. The zero-order chi connectivity index (χ0) is 22.1. The molecule has 2 amide bonds. The zero-order valence-electron chi connectivity index (χ0n) is 16.1. The van der Waals surface area contributed by atoms with Crippen LogP contribution in [0.3, 0.4) is 0 Å². The van der Waals surface area contributed by atoms with Crippen LogP contribution in [0.1, 0.15) is 5.56 Å². The average molecular weight is 561 g/mol. The Bertz CT molecular complexity index is 902. The normalized spacial score (nSPS) is 10.0. The molecule has 0 saturated carbocycles. The van der Waals surface area contributed by atoms with Gasteiger partial charge in [-0.1, -0.05) is 15.9 Å². The molecule has 2 aromatic rings. The number of amides is 2. The number of nitrogens with one attached hydrogen (secondary N) is 3. The first-order valence-corrected chi connectivity index (χ1v) is 10.5. The number of carbonyl (C=O) groups is 2. The van der Waals surface area contributed by atoms with Crippen molar-refractivity contribution >= 4 is 61.0 Å². The van der Waals surface area contributed by atoms with Crippen molar-refractivity contribution in [1.82, 2.24) is 16.2 Å². The Balaban J connectivity index is 1.69. The molecule has 8 nitrogen and oxygen atoms in total. The van der Waals surface area contributed by atoms with Gasteiger partial charge in [-0.05, 0) is 77.0 Å². The molecule has 0 aliphatic heterocycles. The van der Waals surface area contributed by atoms with Gasteiger partial charge in [0.2, 0.25) is 0 Å². The molecule has 30 heavy (non-hydrogen) atoms. The Kier molecular flexibility index (Phi) is 9.34. The number of halogens is 2. The number of hydrazine groups is 1. The fraction of sp³-hybridized carbons (Fsp3) is 0.211. The van der Waals surface area contributed by atoms with E-state index in [-0.39, 0.29) is 18.3 Å². The minimum atomic E-state index is -0.481. The minimum Gasteiger partial charge on any atom is -0.497 e. The van der Waals surface area contributed by atoms with E-state index in [2.05, 4.69) is 48.0 Å². The monoisotopic (exact) mass is 559 g/mol. The lowest BCUT2D eigenvalue weighted by Crippen LogP contribution is -2.50. The number of hydrogen-bond acceptors (Lipinski definition) is 6. The number of ether oxygens (including phenoxy) is 3. The number of hydrogen-bond donors (Lipinski definition) is 3. The summed E-state index contributed by atoms with van der Waals surface area (Å²) < 4.78 is 17.5. The van der Waals surface area contributed by atoms with Gasteiger partial charge in [-0.25, -0.2) is 0 Å². The lowest BCUT2D eigenvalue weighted by molar-refractivity contribution is -0.124. The summed E-state index contributed by atoms with van der Waals surface area (Å²) in [5, 5.41) is 2.33. The third-order valence-corrected chi connectivity index (χ3v) is 4.79. The van der Waals surface area contributed by atoms with E-state index >= 15 is 0 Å².